The summed E-state index contributed by atoms with van der Waals surface area (Å²) in [5.41, 5.74) is 0.992. The summed E-state index contributed by atoms with van der Waals surface area (Å²) in [5.74, 6) is -0.338. The molecular weight excluding hydrogens is 417 g/mol. The van der Waals surface area contributed by atoms with Gasteiger partial charge in [0.2, 0.25) is 15.5 Å². The minimum absolute atomic E-state index is 0.0699. The maximum Gasteiger partial charge on any atom is 0.238 e. The molecule has 0 spiro atoms. The topological polar surface area (TPSA) is 90.4 Å². The van der Waals surface area contributed by atoms with E-state index in [2.05, 4.69) is 0 Å². The van der Waals surface area contributed by atoms with Crippen LogP contribution >= 0.6 is 11.6 Å². The third kappa shape index (κ3) is 3.67. The summed E-state index contributed by atoms with van der Waals surface area (Å²) in [6.45, 7) is 0. The number of nitrogens with two attached hydrogens (primary N) is 1. The Morgan fingerprint density at radius 3 is 2.14 bits per heavy atom. The molecule has 4 aromatic rings. The van der Waals surface area contributed by atoms with Gasteiger partial charge in [0.05, 0.1) is 15.8 Å². The predicted octanol–water partition coefficient (Wildman–Crippen LogP) is 4.57. The first-order valence-corrected chi connectivity index (χ1v) is 10.3. The maximum absolute atomic E-state index is 13.7. The predicted molar refractivity (Wildman–Crippen MR) is 110 cm³/mol. The monoisotopic (exact) mass is 429 g/mol. The standard InChI is InChI=1S/C21H13ClFNO4S/c22-14-5-1-12(2-6-14)19-20(25)17-11-15(23)7-10-18(17)28-21(19)13-3-8-16(9-4-13)29(24,26)27/h1-11H,(H2,24,26,27). The van der Waals surface area contributed by atoms with E-state index in [0.29, 0.717) is 16.1 Å². The number of hydrogen-bond donors (Lipinski definition) is 1. The molecule has 1 heterocycles. The van der Waals surface area contributed by atoms with Gasteiger partial charge in [-0.05, 0) is 60.2 Å². The minimum Gasteiger partial charge on any atom is -0.455 e. The van der Waals surface area contributed by atoms with Crippen molar-refractivity contribution in [2.75, 3.05) is 0 Å². The molecule has 5 nitrogen and oxygen atoms in total. The molecule has 0 atom stereocenters. The van der Waals surface area contributed by atoms with Crippen molar-refractivity contribution >= 4 is 32.6 Å². The van der Waals surface area contributed by atoms with Crippen molar-refractivity contribution in [3.63, 3.8) is 0 Å². The van der Waals surface area contributed by atoms with Gasteiger partial charge in [-0.2, -0.15) is 0 Å². The molecule has 146 valence electrons. The molecule has 2 N–H and O–H groups in total. The molecule has 1 aromatic heterocycles. The quantitative estimate of drug-likeness (QED) is 0.516. The Morgan fingerprint density at radius 1 is 0.897 bits per heavy atom. The summed E-state index contributed by atoms with van der Waals surface area (Å²) in [6.07, 6.45) is 0. The summed E-state index contributed by atoms with van der Waals surface area (Å²) >= 11 is 5.95. The van der Waals surface area contributed by atoms with Crippen LogP contribution in [-0.2, 0) is 10.0 Å². The van der Waals surface area contributed by atoms with Crippen LogP contribution in [0.4, 0.5) is 4.39 Å². The fraction of sp³-hybridized carbons (Fsp3) is 0. The smallest absolute Gasteiger partial charge is 0.238 e. The lowest BCUT2D eigenvalue weighted by Gasteiger charge is -2.11. The second-order valence-corrected chi connectivity index (χ2v) is 8.35. The molecule has 0 aliphatic rings. The highest BCUT2D eigenvalue weighted by molar-refractivity contribution is 7.89. The van der Waals surface area contributed by atoms with Crippen molar-refractivity contribution in [2.24, 2.45) is 5.14 Å². The number of primary sulfonamides is 1. The van der Waals surface area contributed by atoms with E-state index in [1.54, 1.807) is 24.3 Å². The number of rotatable bonds is 3. The normalized spacial score (nSPS) is 11.7. The zero-order valence-corrected chi connectivity index (χ0v) is 16.3. The van der Waals surface area contributed by atoms with E-state index in [4.69, 9.17) is 21.2 Å². The number of sulfonamides is 1. The molecule has 29 heavy (non-hydrogen) atoms. The van der Waals surface area contributed by atoms with Crippen molar-refractivity contribution < 1.29 is 17.2 Å². The van der Waals surface area contributed by atoms with E-state index < -0.39 is 21.3 Å². The van der Waals surface area contributed by atoms with E-state index in [1.165, 1.54) is 36.4 Å². The van der Waals surface area contributed by atoms with Crippen molar-refractivity contribution in [3.05, 3.63) is 87.8 Å². The highest BCUT2D eigenvalue weighted by atomic mass is 35.5. The zero-order chi connectivity index (χ0) is 20.8. The zero-order valence-electron chi connectivity index (χ0n) is 14.7. The molecule has 0 aliphatic carbocycles. The summed E-state index contributed by atoms with van der Waals surface area (Å²) < 4.78 is 42.7. The first-order chi connectivity index (χ1) is 13.7. The molecule has 0 saturated carbocycles. The Balaban J connectivity index is 2.04. The van der Waals surface area contributed by atoms with Crippen molar-refractivity contribution in [2.45, 2.75) is 4.90 Å². The molecule has 3 aromatic carbocycles. The summed E-state index contributed by atoms with van der Waals surface area (Å²) in [7, 11) is -3.87. The maximum atomic E-state index is 13.7. The van der Waals surface area contributed by atoms with Gasteiger partial charge in [0.1, 0.15) is 17.2 Å². The van der Waals surface area contributed by atoms with Crippen molar-refractivity contribution in [3.8, 4) is 22.5 Å². The average Bonchev–Trinajstić information content (AvgIpc) is 2.69. The van der Waals surface area contributed by atoms with Crippen LogP contribution < -0.4 is 10.6 Å². The number of fused-ring (bicyclic) bond motifs is 1. The molecular formula is C21H13ClFNO4S. The third-order valence-electron chi connectivity index (χ3n) is 4.43. The van der Waals surface area contributed by atoms with Crippen LogP contribution in [0.25, 0.3) is 33.4 Å². The van der Waals surface area contributed by atoms with Crippen LogP contribution in [0.1, 0.15) is 0 Å². The fourth-order valence-corrected chi connectivity index (χ4v) is 3.69. The van der Waals surface area contributed by atoms with E-state index >= 15 is 0 Å². The van der Waals surface area contributed by atoms with Gasteiger partial charge in [-0.3, -0.25) is 4.79 Å². The SMILES string of the molecule is NS(=O)(=O)c1ccc(-c2oc3ccc(F)cc3c(=O)c2-c2ccc(Cl)cc2)cc1. The van der Waals surface area contributed by atoms with E-state index in [0.717, 1.165) is 6.07 Å². The molecule has 8 heteroatoms. The lowest BCUT2D eigenvalue weighted by atomic mass is 9.98. The Morgan fingerprint density at radius 2 is 1.52 bits per heavy atom. The number of benzene rings is 3. The van der Waals surface area contributed by atoms with Crippen molar-refractivity contribution in [1.29, 1.82) is 0 Å². The number of hydrogen-bond acceptors (Lipinski definition) is 4. The first kappa shape index (κ1) is 19.3. The minimum atomic E-state index is -3.87. The Labute approximate surface area is 170 Å². The van der Waals surface area contributed by atoms with Gasteiger partial charge < -0.3 is 4.42 Å². The Kier molecular flexibility index (Phi) is 4.74. The van der Waals surface area contributed by atoms with E-state index in [1.807, 2.05) is 0 Å². The fourth-order valence-electron chi connectivity index (χ4n) is 3.05. The van der Waals surface area contributed by atoms with Crippen LogP contribution in [-0.4, -0.2) is 8.42 Å². The Bertz CT molecular complexity index is 1400. The van der Waals surface area contributed by atoms with Crippen LogP contribution in [0.15, 0.2) is 80.8 Å². The second kappa shape index (κ2) is 7.11. The highest BCUT2D eigenvalue weighted by Gasteiger charge is 2.19. The second-order valence-electron chi connectivity index (χ2n) is 6.35. The Hall–Kier alpha value is -3.00. The molecule has 0 aliphatic heterocycles. The van der Waals surface area contributed by atoms with Gasteiger partial charge in [-0.1, -0.05) is 23.7 Å². The highest BCUT2D eigenvalue weighted by Crippen LogP contribution is 2.33. The van der Waals surface area contributed by atoms with Gasteiger partial charge in [-0.15, -0.1) is 0 Å². The summed E-state index contributed by atoms with van der Waals surface area (Å²) in [6, 6.07) is 15.9. The van der Waals surface area contributed by atoms with Gasteiger partial charge in [-0.25, -0.2) is 17.9 Å². The van der Waals surface area contributed by atoms with Crippen molar-refractivity contribution in [1.82, 2.24) is 0 Å². The molecule has 0 saturated heterocycles. The molecule has 0 bridgehead atoms. The van der Waals surface area contributed by atoms with Crippen LogP contribution in [0.5, 0.6) is 0 Å². The third-order valence-corrected chi connectivity index (χ3v) is 5.61. The van der Waals surface area contributed by atoms with Crippen LogP contribution in [0, 0.1) is 5.82 Å². The molecule has 0 radical (unpaired) electrons. The van der Waals surface area contributed by atoms with E-state index in [-0.39, 0.29) is 27.2 Å². The molecule has 0 unspecified atom stereocenters. The lowest BCUT2D eigenvalue weighted by Crippen LogP contribution is -2.12. The summed E-state index contributed by atoms with van der Waals surface area (Å²) in [4.78, 5) is 13.1. The first-order valence-electron chi connectivity index (χ1n) is 8.39. The largest absolute Gasteiger partial charge is 0.455 e. The molecule has 4 rings (SSSR count). The van der Waals surface area contributed by atoms with Gasteiger partial charge in [0.15, 0.2) is 0 Å². The van der Waals surface area contributed by atoms with E-state index in [9.17, 15) is 17.6 Å². The lowest BCUT2D eigenvalue weighted by molar-refractivity contribution is 0.597. The van der Waals surface area contributed by atoms with Gasteiger partial charge in [0, 0.05) is 10.6 Å². The van der Waals surface area contributed by atoms with Gasteiger partial charge in [0.25, 0.3) is 0 Å². The number of halogens is 2. The average molecular weight is 430 g/mol. The van der Waals surface area contributed by atoms with Crippen LogP contribution in [0.2, 0.25) is 5.02 Å². The molecule has 0 amide bonds. The summed E-state index contributed by atoms with van der Waals surface area (Å²) in [5, 5.41) is 5.73. The molecule has 0 fully saturated rings. The van der Waals surface area contributed by atoms with Crippen LogP contribution in [0.3, 0.4) is 0 Å². The van der Waals surface area contributed by atoms with Gasteiger partial charge >= 0.3 is 0 Å².